The van der Waals surface area contributed by atoms with Crippen LogP contribution < -0.4 is 15.4 Å². The predicted octanol–water partition coefficient (Wildman–Crippen LogP) is -0.0492. The van der Waals surface area contributed by atoms with Gasteiger partial charge in [-0.15, -0.1) is 0 Å². The van der Waals surface area contributed by atoms with Gasteiger partial charge in [0.1, 0.15) is 0 Å². The first kappa shape index (κ1) is 19.1. The molecular formula is C16H21N3O5S. The minimum atomic E-state index is -3.92. The third-order valence-electron chi connectivity index (χ3n) is 3.66. The van der Waals surface area contributed by atoms with E-state index < -0.39 is 22.0 Å². The molecule has 25 heavy (non-hydrogen) atoms. The molecular weight excluding hydrogens is 346 g/mol. The zero-order valence-corrected chi connectivity index (χ0v) is 14.9. The van der Waals surface area contributed by atoms with Gasteiger partial charge in [0.2, 0.25) is 21.8 Å². The smallest absolute Gasteiger partial charge is 0.241 e. The molecule has 0 unspecified atom stereocenters. The number of benzene rings is 1. The summed E-state index contributed by atoms with van der Waals surface area (Å²) in [6, 6.07) is 4.55. The number of hydrogen-bond acceptors (Lipinski definition) is 5. The van der Waals surface area contributed by atoms with E-state index in [9.17, 15) is 22.8 Å². The van der Waals surface area contributed by atoms with Crippen molar-refractivity contribution in [3.63, 3.8) is 0 Å². The van der Waals surface area contributed by atoms with Gasteiger partial charge in [-0.05, 0) is 38.8 Å². The van der Waals surface area contributed by atoms with Gasteiger partial charge in [-0.3, -0.25) is 14.4 Å². The Morgan fingerprint density at radius 2 is 1.76 bits per heavy atom. The van der Waals surface area contributed by atoms with Crippen molar-refractivity contribution in [2.75, 3.05) is 6.54 Å². The van der Waals surface area contributed by atoms with Crippen LogP contribution in [0.4, 0.5) is 0 Å². The van der Waals surface area contributed by atoms with Crippen molar-refractivity contribution in [1.29, 1.82) is 0 Å². The molecule has 2 amide bonds. The van der Waals surface area contributed by atoms with Crippen molar-refractivity contribution in [1.82, 2.24) is 15.4 Å². The molecule has 0 radical (unpaired) electrons. The van der Waals surface area contributed by atoms with Crippen molar-refractivity contribution in [3.05, 3.63) is 29.8 Å². The number of carbonyl (C=O) groups is 3. The summed E-state index contributed by atoms with van der Waals surface area (Å²) < 4.78 is 26.8. The lowest BCUT2D eigenvalue weighted by Crippen LogP contribution is -2.47. The summed E-state index contributed by atoms with van der Waals surface area (Å²) in [6.07, 6.45) is 1.89. The highest BCUT2D eigenvalue weighted by molar-refractivity contribution is 7.89. The zero-order chi connectivity index (χ0) is 18.6. The Morgan fingerprint density at radius 1 is 1.16 bits per heavy atom. The molecule has 136 valence electrons. The molecule has 0 bridgehead atoms. The molecule has 1 saturated carbocycles. The van der Waals surface area contributed by atoms with Gasteiger partial charge in [-0.25, -0.2) is 8.42 Å². The van der Waals surface area contributed by atoms with Gasteiger partial charge in [0.15, 0.2) is 5.78 Å². The van der Waals surface area contributed by atoms with Gasteiger partial charge >= 0.3 is 0 Å². The lowest BCUT2D eigenvalue weighted by molar-refractivity contribution is -0.126. The molecule has 0 aliphatic heterocycles. The number of ketones is 1. The average molecular weight is 367 g/mol. The standard InChI is InChI=1S/C16H21N3O5S/c1-10(16(22)17-9-15(21)18-13-5-6-13)19-25(23,24)14-7-3-12(4-8-14)11(2)20/h3-4,7-8,10,13,19H,5-6,9H2,1-2H3,(H,17,22)(H,18,21)/t10-/m0/s1. The highest BCUT2D eigenvalue weighted by atomic mass is 32.2. The van der Waals surface area contributed by atoms with Crippen LogP contribution in [0.2, 0.25) is 0 Å². The fourth-order valence-electron chi connectivity index (χ4n) is 2.05. The van der Waals surface area contributed by atoms with Gasteiger partial charge in [0, 0.05) is 11.6 Å². The van der Waals surface area contributed by atoms with Gasteiger partial charge < -0.3 is 10.6 Å². The summed E-state index contributed by atoms with van der Waals surface area (Å²) >= 11 is 0. The summed E-state index contributed by atoms with van der Waals surface area (Å²) in [4.78, 5) is 34.6. The second kappa shape index (κ2) is 7.75. The Kier molecular flexibility index (Phi) is 5.91. The lowest BCUT2D eigenvalue weighted by atomic mass is 10.2. The zero-order valence-electron chi connectivity index (χ0n) is 14.0. The van der Waals surface area contributed by atoms with Crippen LogP contribution in [0.1, 0.15) is 37.0 Å². The van der Waals surface area contributed by atoms with E-state index in [0.717, 1.165) is 12.8 Å². The molecule has 0 spiro atoms. The van der Waals surface area contributed by atoms with Crippen LogP contribution in [0.15, 0.2) is 29.2 Å². The molecule has 1 aliphatic rings. The minimum Gasteiger partial charge on any atom is -0.352 e. The van der Waals surface area contributed by atoms with Crippen LogP contribution in [-0.2, 0) is 19.6 Å². The van der Waals surface area contributed by atoms with Crippen LogP contribution in [0.3, 0.4) is 0 Å². The third kappa shape index (κ3) is 5.64. The molecule has 0 heterocycles. The number of hydrogen-bond donors (Lipinski definition) is 3. The Morgan fingerprint density at radius 3 is 2.28 bits per heavy atom. The first-order chi connectivity index (χ1) is 11.7. The number of amides is 2. The average Bonchev–Trinajstić information content (AvgIpc) is 3.36. The molecule has 0 aromatic heterocycles. The van der Waals surface area contributed by atoms with Gasteiger partial charge in [0.25, 0.3) is 0 Å². The number of carbonyl (C=O) groups excluding carboxylic acids is 3. The van der Waals surface area contributed by atoms with Crippen molar-refractivity contribution < 1.29 is 22.8 Å². The van der Waals surface area contributed by atoms with Crippen molar-refractivity contribution in [2.45, 2.75) is 43.7 Å². The Bertz CT molecular complexity index is 769. The van der Waals surface area contributed by atoms with E-state index >= 15 is 0 Å². The molecule has 0 saturated heterocycles. The molecule has 1 fully saturated rings. The van der Waals surface area contributed by atoms with Crippen LogP contribution >= 0.6 is 0 Å². The summed E-state index contributed by atoms with van der Waals surface area (Å²) in [6.45, 7) is 2.57. The van der Waals surface area contributed by atoms with E-state index in [4.69, 9.17) is 0 Å². The Hall–Kier alpha value is -2.26. The number of Topliss-reactive ketones (excluding diaryl/α,β-unsaturated/α-hetero) is 1. The molecule has 1 aromatic carbocycles. The number of rotatable bonds is 8. The summed E-state index contributed by atoms with van der Waals surface area (Å²) in [7, 11) is -3.92. The SMILES string of the molecule is CC(=O)c1ccc(S(=O)(=O)N[C@@H](C)C(=O)NCC(=O)NC2CC2)cc1. The second-order valence-corrected chi connectivity index (χ2v) is 7.70. The molecule has 9 heteroatoms. The van der Waals surface area contributed by atoms with Crippen LogP contribution in [0.5, 0.6) is 0 Å². The largest absolute Gasteiger partial charge is 0.352 e. The first-order valence-corrected chi connectivity index (χ1v) is 9.38. The topological polar surface area (TPSA) is 121 Å². The monoisotopic (exact) mass is 367 g/mol. The predicted molar refractivity (Wildman–Crippen MR) is 90.4 cm³/mol. The normalized spacial score (nSPS) is 15.3. The summed E-state index contributed by atoms with van der Waals surface area (Å²) in [5, 5.41) is 5.11. The van der Waals surface area contributed by atoms with Crippen LogP contribution in [0, 0.1) is 0 Å². The molecule has 8 nitrogen and oxygen atoms in total. The maximum absolute atomic E-state index is 12.3. The first-order valence-electron chi connectivity index (χ1n) is 7.89. The van der Waals surface area contributed by atoms with E-state index in [0.29, 0.717) is 5.56 Å². The van der Waals surface area contributed by atoms with Crippen molar-refractivity contribution >= 4 is 27.6 Å². The van der Waals surface area contributed by atoms with E-state index in [1.807, 2.05) is 0 Å². The van der Waals surface area contributed by atoms with E-state index in [1.165, 1.54) is 38.1 Å². The highest BCUT2D eigenvalue weighted by Gasteiger charge is 2.25. The summed E-state index contributed by atoms with van der Waals surface area (Å²) in [5.74, 6) is -1.07. The molecule has 2 rings (SSSR count). The van der Waals surface area contributed by atoms with Crippen LogP contribution in [-0.4, -0.2) is 44.6 Å². The van der Waals surface area contributed by atoms with E-state index in [1.54, 1.807) is 0 Å². The molecule has 1 atom stereocenters. The molecule has 1 aliphatic carbocycles. The van der Waals surface area contributed by atoms with Gasteiger partial charge in [-0.1, -0.05) is 12.1 Å². The fourth-order valence-corrected chi connectivity index (χ4v) is 3.25. The van der Waals surface area contributed by atoms with Crippen molar-refractivity contribution in [3.8, 4) is 0 Å². The number of sulfonamides is 1. The molecule has 1 aromatic rings. The van der Waals surface area contributed by atoms with Gasteiger partial charge in [-0.2, -0.15) is 4.72 Å². The van der Waals surface area contributed by atoms with E-state index in [2.05, 4.69) is 15.4 Å². The van der Waals surface area contributed by atoms with Crippen LogP contribution in [0.25, 0.3) is 0 Å². The summed E-state index contributed by atoms with van der Waals surface area (Å²) in [5.41, 5.74) is 0.395. The Balaban J connectivity index is 1.90. The van der Waals surface area contributed by atoms with Crippen molar-refractivity contribution in [2.24, 2.45) is 0 Å². The molecule has 3 N–H and O–H groups in total. The quantitative estimate of drug-likeness (QED) is 0.556. The van der Waals surface area contributed by atoms with E-state index in [-0.39, 0.29) is 29.2 Å². The fraction of sp³-hybridized carbons (Fsp3) is 0.438. The minimum absolute atomic E-state index is 0.0522. The third-order valence-corrected chi connectivity index (χ3v) is 5.22. The van der Waals surface area contributed by atoms with Gasteiger partial charge in [0.05, 0.1) is 17.5 Å². The number of nitrogens with one attached hydrogen (secondary N) is 3. The maximum Gasteiger partial charge on any atom is 0.241 e. The highest BCUT2D eigenvalue weighted by Crippen LogP contribution is 2.18. The maximum atomic E-state index is 12.3. The Labute approximate surface area is 146 Å². The lowest BCUT2D eigenvalue weighted by Gasteiger charge is -2.14. The second-order valence-electron chi connectivity index (χ2n) is 5.98.